The highest BCUT2D eigenvalue weighted by atomic mass is 35.5. The van der Waals surface area contributed by atoms with Gasteiger partial charge >= 0.3 is 0 Å². The Morgan fingerprint density at radius 2 is 2.40 bits per heavy atom. The van der Waals surface area contributed by atoms with Gasteiger partial charge in [0.2, 0.25) is 11.6 Å². The molecule has 0 N–H and O–H groups in total. The predicted octanol–water partition coefficient (Wildman–Crippen LogP) is 1.77. The van der Waals surface area contributed by atoms with E-state index in [4.69, 9.17) is 11.6 Å². The second-order valence-corrected chi connectivity index (χ2v) is 2.20. The summed E-state index contributed by atoms with van der Waals surface area (Å²) in [4.78, 5) is 0. The van der Waals surface area contributed by atoms with Crippen LogP contribution in [0.2, 0.25) is 0 Å². The molecule has 0 radical (unpaired) electrons. The maximum atomic E-state index is 12.4. The van der Waals surface area contributed by atoms with Gasteiger partial charge in [-0.3, -0.25) is 0 Å². The monoisotopic (exact) mass is 166 g/mol. The number of hydrogen-bond donors (Lipinski definition) is 0. The number of rotatable bonds is 1. The van der Waals surface area contributed by atoms with Crippen LogP contribution < -0.4 is 0 Å². The molecule has 0 aromatic carbocycles. The lowest BCUT2D eigenvalue weighted by atomic mass is 10.5. The van der Waals surface area contributed by atoms with Crippen LogP contribution in [-0.2, 0) is 7.05 Å². The summed E-state index contributed by atoms with van der Waals surface area (Å²) in [6.45, 7) is 0. The summed E-state index contributed by atoms with van der Waals surface area (Å²) in [5, 5.41) is 3.44. The van der Waals surface area contributed by atoms with Crippen LogP contribution in [0.25, 0.3) is 0 Å². The average Bonchev–Trinajstić information content (AvgIpc) is 2.13. The molecule has 0 saturated heterocycles. The van der Waals surface area contributed by atoms with Crippen molar-refractivity contribution in [3.63, 3.8) is 0 Å². The van der Waals surface area contributed by atoms with Crippen LogP contribution in [-0.4, -0.2) is 9.78 Å². The molecule has 0 amide bonds. The summed E-state index contributed by atoms with van der Waals surface area (Å²) >= 11 is 4.98. The van der Waals surface area contributed by atoms with Crippen LogP contribution in [0.5, 0.6) is 0 Å². The summed E-state index contributed by atoms with van der Waals surface area (Å²) in [5.74, 6) is -0.599. The summed E-state index contributed by atoms with van der Waals surface area (Å²) < 4.78 is 25.4. The number of halogens is 3. The molecule has 1 unspecified atom stereocenters. The molecule has 0 bridgehead atoms. The van der Waals surface area contributed by atoms with E-state index in [9.17, 15) is 8.78 Å². The Bertz CT molecular complexity index is 214. The fourth-order valence-corrected chi connectivity index (χ4v) is 0.679. The van der Waals surface area contributed by atoms with Gasteiger partial charge in [-0.2, -0.15) is 9.49 Å². The number of alkyl halides is 2. The average molecular weight is 167 g/mol. The van der Waals surface area contributed by atoms with Crippen molar-refractivity contribution in [1.29, 1.82) is 0 Å². The van der Waals surface area contributed by atoms with Crippen LogP contribution in [0, 0.1) is 5.95 Å². The minimum atomic E-state index is -1.73. The van der Waals surface area contributed by atoms with Gasteiger partial charge in [0.15, 0.2) is 0 Å². The van der Waals surface area contributed by atoms with Crippen LogP contribution in [0.3, 0.4) is 0 Å². The maximum absolute atomic E-state index is 12.4. The van der Waals surface area contributed by atoms with Crippen molar-refractivity contribution in [1.82, 2.24) is 9.78 Å². The summed E-state index contributed by atoms with van der Waals surface area (Å²) in [7, 11) is 1.37. The van der Waals surface area contributed by atoms with E-state index in [1.54, 1.807) is 0 Å². The molecule has 0 spiro atoms. The highest BCUT2D eigenvalue weighted by Gasteiger charge is 2.11. The molecule has 1 heterocycles. The molecule has 2 nitrogen and oxygen atoms in total. The zero-order valence-electron chi connectivity index (χ0n) is 5.18. The summed E-state index contributed by atoms with van der Waals surface area (Å²) in [6.07, 6.45) is 0. The SMILES string of the molecule is Cn1nc(C(F)Cl)cc1F. The van der Waals surface area contributed by atoms with E-state index in [2.05, 4.69) is 5.10 Å². The number of hydrogen-bond acceptors (Lipinski definition) is 1. The van der Waals surface area contributed by atoms with Crippen LogP contribution in [0.15, 0.2) is 6.07 Å². The van der Waals surface area contributed by atoms with E-state index >= 15 is 0 Å². The smallest absolute Gasteiger partial charge is 0.217 e. The molecule has 0 saturated carbocycles. The lowest BCUT2D eigenvalue weighted by Crippen LogP contribution is -1.94. The Hall–Kier alpha value is -0.640. The Labute approximate surface area is 61.4 Å². The first-order valence-electron chi connectivity index (χ1n) is 2.59. The minimum absolute atomic E-state index is 0.0957. The number of aromatic nitrogens is 2. The van der Waals surface area contributed by atoms with Crippen LogP contribution in [0.4, 0.5) is 8.78 Å². The Morgan fingerprint density at radius 1 is 1.80 bits per heavy atom. The van der Waals surface area contributed by atoms with Gasteiger partial charge in [0.25, 0.3) is 0 Å². The van der Waals surface area contributed by atoms with Crippen molar-refractivity contribution in [2.24, 2.45) is 7.05 Å². The molecule has 1 aromatic heterocycles. The zero-order chi connectivity index (χ0) is 7.72. The standard InChI is InChI=1S/C5H5ClF2N2/c1-10-4(7)2-3(9-10)5(6)8/h2,5H,1H3. The molecule has 0 aliphatic heterocycles. The van der Waals surface area contributed by atoms with Gasteiger partial charge in [0, 0.05) is 13.1 Å². The van der Waals surface area contributed by atoms with E-state index in [-0.39, 0.29) is 5.69 Å². The van der Waals surface area contributed by atoms with E-state index in [0.717, 1.165) is 10.7 Å². The Balaban J connectivity index is 2.98. The van der Waals surface area contributed by atoms with Crippen molar-refractivity contribution in [2.45, 2.75) is 5.63 Å². The number of nitrogens with zero attached hydrogens (tertiary/aromatic N) is 2. The van der Waals surface area contributed by atoms with Gasteiger partial charge in [-0.15, -0.1) is 0 Å². The minimum Gasteiger partial charge on any atom is -0.242 e. The lowest BCUT2D eigenvalue weighted by Gasteiger charge is -1.89. The second-order valence-electron chi connectivity index (χ2n) is 1.82. The van der Waals surface area contributed by atoms with Crippen molar-refractivity contribution >= 4 is 11.6 Å². The fraction of sp³-hybridized carbons (Fsp3) is 0.400. The Morgan fingerprint density at radius 3 is 2.60 bits per heavy atom. The zero-order valence-corrected chi connectivity index (χ0v) is 5.94. The van der Waals surface area contributed by atoms with Crippen LogP contribution in [0.1, 0.15) is 11.3 Å². The molecule has 0 aliphatic rings. The predicted molar refractivity (Wildman–Crippen MR) is 32.9 cm³/mol. The molecule has 0 aliphatic carbocycles. The normalized spacial score (nSPS) is 13.6. The van der Waals surface area contributed by atoms with Crippen LogP contribution >= 0.6 is 11.6 Å². The topological polar surface area (TPSA) is 17.8 Å². The Kier molecular flexibility index (Phi) is 1.89. The third-order valence-corrected chi connectivity index (χ3v) is 1.29. The third-order valence-electron chi connectivity index (χ3n) is 1.07. The first kappa shape index (κ1) is 7.47. The largest absolute Gasteiger partial charge is 0.242 e. The molecule has 5 heteroatoms. The van der Waals surface area contributed by atoms with Crippen molar-refractivity contribution in [3.05, 3.63) is 17.7 Å². The first-order chi connectivity index (χ1) is 4.61. The molecule has 1 aromatic rings. The van der Waals surface area contributed by atoms with Gasteiger partial charge in [-0.25, -0.2) is 9.07 Å². The fourth-order valence-electron chi connectivity index (χ4n) is 0.572. The molecule has 56 valence electrons. The third kappa shape index (κ3) is 1.26. The number of aryl methyl sites for hydroxylation is 1. The van der Waals surface area contributed by atoms with Gasteiger partial charge < -0.3 is 0 Å². The highest BCUT2D eigenvalue weighted by molar-refractivity contribution is 6.19. The van der Waals surface area contributed by atoms with E-state index in [1.807, 2.05) is 0 Å². The molecule has 0 fully saturated rings. The quantitative estimate of drug-likeness (QED) is 0.582. The molecule has 10 heavy (non-hydrogen) atoms. The van der Waals surface area contributed by atoms with Gasteiger partial charge in [-0.05, 0) is 0 Å². The maximum Gasteiger partial charge on any atom is 0.217 e. The first-order valence-corrected chi connectivity index (χ1v) is 3.02. The van der Waals surface area contributed by atoms with Crippen molar-refractivity contribution in [2.75, 3.05) is 0 Å². The lowest BCUT2D eigenvalue weighted by molar-refractivity contribution is 0.445. The second kappa shape index (κ2) is 2.54. The summed E-state index contributed by atoms with van der Waals surface area (Å²) in [5.41, 5.74) is -1.82. The van der Waals surface area contributed by atoms with Gasteiger partial charge in [0.05, 0.1) is 0 Å². The van der Waals surface area contributed by atoms with E-state index in [0.29, 0.717) is 0 Å². The molecular weight excluding hydrogens is 162 g/mol. The van der Waals surface area contributed by atoms with E-state index < -0.39 is 11.6 Å². The molecule has 1 atom stereocenters. The van der Waals surface area contributed by atoms with Gasteiger partial charge in [0.1, 0.15) is 5.69 Å². The highest BCUT2D eigenvalue weighted by Crippen LogP contribution is 2.19. The molecule has 1 rings (SSSR count). The summed E-state index contributed by atoms with van der Waals surface area (Å²) in [6, 6.07) is 0.956. The van der Waals surface area contributed by atoms with Gasteiger partial charge in [-0.1, -0.05) is 11.6 Å². The van der Waals surface area contributed by atoms with Crippen molar-refractivity contribution in [3.8, 4) is 0 Å². The molecular formula is C5H5ClF2N2. The van der Waals surface area contributed by atoms with E-state index in [1.165, 1.54) is 7.05 Å². The van der Waals surface area contributed by atoms with Crippen molar-refractivity contribution < 1.29 is 8.78 Å².